The van der Waals surface area contributed by atoms with Gasteiger partial charge in [-0.1, -0.05) is 8.47 Å². The predicted molar refractivity (Wildman–Crippen MR) is 60.2 cm³/mol. The quantitative estimate of drug-likeness (QED) is 0.542. The zero-order valence-corrected chi connectivity index (χ0v) is 10.5. The third kappa shape index (κ3) is 6.54. The van der Waals surface area contributed by atoms with Crippen molar-refractivity contribution in [2.45, 2.75) is 6.92 Å². The number of halogens is 3. The van der Waals surface area contributed by atoms with E-state index in [1.165, 1.54) is 5.75 Å². The molecule has 0 unspecified atom stereocenters. The van der Waals surface area contributed by atoms with Gasteiger partial charge in [-0.05, 0) is 63.6 Å². The molecule has 0 atom stereocenters. The molecule has 4 heteroatoms. The Morgan fingerprint density at radius 1 is 1.33 bits per heavy atom. The molecule has 0 aliphatic rings. The molecule has 6 heavy (non-hydrogen) atoms. The van der Waals surface area contributed by atoms with E-state index < -0.39 is 0 Å². The molecule has 0 aliphatic heterocycles. The Morgan fingerprint density at radius 2 is 1.50 bits per heavy atom. The van der Waals surface area contributed by atoms with Crippen LogP contribution < -0.4 is 0 Å². The first-order valence-corrected chi connectivity index (χ1v) is 10.9. The Kier molecular flexibility index (Phi) is 5.04. The average molecular weight is 442 g/mol. The molecule has 0 fully saturated rings. The van der Waals surface area contributed by atoms with Gasteiger partial charge >= 0.3 is 0 Å². The molecule has 0 rings (SSSR count). The Balaban J connectivity index is 3.17. The first-order valence-electron chi connectivity index (χ1n) is 1.46. The normalized spacial score (nSPS) is 14.7. The van der Waals surface area contributed by atoms with Crippen molar-refractivity contribution in [2.24, 2.45) is 0 Å². The molecule has 0 bridgehead atoms. The fraction of sp³-hybridized carbons (Fsp3) is 1.00. The zero-order chi connectivity index (χ0) is 5.21. The summed E-state index contributed by atoms with van der Waals surface area (Å²) in [6.07, 6.45) is 0. The Hall–Kier alpha value is 2.54. The molecule has 0 aromatic rings. The van der Waals surface area contributed by atoms with Crippen molar-refractivity contribution in [3.8, 4) is 0 Å². The van der Waals surface area contributed by atoms with Gasteiger partial charge in [0.15, 0.2) is 0 Å². The van der Waals surface area contributed by atoms with Crippen LogP contribution in [0.15, 0.2) is 0 Å². The second kappa shape index (κ2) is 3.54. The number of rotatable bonds is 1. The second-order valence-electron chi connectivity index (χ2n) is 0.791. The van der Waals surface area contributed by atoms with Crippen molar-refractivity contribution >= 4 is 65.2 Å². The molecule has 0 heterocycles. The molecule has 0 radical (unpaired) electrons. The molecule has 0 amide bonds. The van der Waals surface area contributed by atoms with Crippen LogP contribution in [0.1, 0.15) is 6.92 Å². The van der Waals surface area contributed by atoms with Crippen LogP contribution in [0.25, 0.3) is 0 Å². The lowest BCUT2D eigenvalue weighted by atomic mass is 11.0. The fourth-order valence-corrected chi connectivity index (χ4v) is 0. The summed E-state index contributed by atoms with van der Waals surface area (Å²) in [5, 5.41) is 0. The highest BCUT2D eigenvalue weighted by molar-refractivity contribution is 14.5. The molecule has 0 N–H and O–H groups in total. The minimum absolute atomic E-state index is 0.252. The maximum atomic E-state index is 2.50. The van der Waals surface area contributed by atoms with Crippen molar-refractivity contribution in [3.05, 3.63) is 0 Å². The minimum Gasteiger partial charge on any atom is -0.0784 e. The van der Waals surface area contributed by atoms with Crippen molar-refractivity contribution in [1.29, 1.82) is 0 Å². The second-order valence-corrected chi connectivity index (χ2v) is 31.1. The molecule has 0 saturated carbocycles. The average Bonchev–Trinajstić information content (AvgIpc) is 1.35. The molecule has 0 aromatic carbocycles. The molecule has 0 spiro atoms. The summed E-state index contributed by atoms with van der Waals surface area (Å²) < 4.78 is -0.252. The van der Waals surface area contributed by atoms with Gasteiger partial charge in [-0.15, -0.1) is 0 Å². The molecular formula is C2H5I3S. The lowest BCUT2D eigenvalue weighted by Gasteiger charge is -2.11. The highest BCUT2D eigenvalue weighted by atomic mass is 127. The van der Waals surface area contributed by atoms with E-state index in [1.807, 2.05) is 0 Å². The van der Waals surface area contributed by atoms with E-state index in [-0.39, 0.29) is 1.54 Å². The van der Waals surface area contributed by atoms with E-state index in [0.29, 0.717) is 0 Å². The highest BCUT2D eigenvalue weighted by Gasteiger charge is 2.04. The van der Waals surface area contributed by atoms with Gasteiger partial charge in [0, 0.05) is 5.75 Å². The van der Waals surface area contributed by atoms with Crippen LogP contribution >= 0.6 is 65.2 Å². The van der Waals surface area contributed by atoms with Gasteiger partial charge in [-0.25, -0.2) is 0 Å². The summed E-state index contributed by atoms with van der Waals surface area (Å²) in [4.78, 5) is 0. The molecule has 0 saturated heterocycles. The standard InChI is InChI=1S/C2H5I3S/c1-2-6(3,4)5/h2H2,1H3. The van der Waals surface area contributed by atoms with Crippen molar-refractivity contribution in [1.82, 2.24) is 0 Å². The lowest BCUT2D eigenvalue weighted by molar-refractivity contribution is 1.54. The third-order valence-electron chi connectivity index (χ3n) is 0.327. The number of hydrogen-bond acceptors (Lipinski definition) is 0. The molecule has 0 aliphatic carbocycles. The van der Waals surface area contributed by atoms with Crippen LogP contribution in [0.4, 0.5) is 0 Å². The molecule has 0 nitrogen and oxygen atoms in total. The van der Waals surface area contributed by atoms with Crippen LogP contribution in [0.3, 0.4) is 0 Å². The third-order valence-corrected chi connectivity index (χ3v) is 6.59. The SMILES string of the molecule is CCS(I)(I)I. The Labute approximate surface area is 76.3 Å². The van der Waals surface area contributed by atoms with E-state index in [2.05, 4.69) is 70.5 Å². The minimum atomic E-state index is -0.252. The van der Waals surface area contributed by atoms with Crippen molar-refractivity contribution < 1.29 is 0 Å². The lowest BCUT2D eigenvalue weighted by Crippen LogP contribution is -1.65. The maximum Gasteiger partial charge on any atom is 0.000148 e. The molecular weight excluding hydrogens is 437 g/mol. The first-order chi connectivity index (χ1) is 2.56. The van der Waals surface area contributed by atoms with Crippen molar-refractivity contribution in [2.75, 3.05) is 5.75 Å². The maximum absolute atomic E-state index is 2.50. The summed E-state index contributed by atoms with van der Waals surface area (Å²) in [5.74, 6) is 1.31. The van der Waals surface area contributed by atoms with Crippen molar-refractivity contribution in [3.63, 3.8) is 0 Å². The summed E-state index contributed by atoms with van der Waals surface area (Å²) in [7, 11) is 0. The largest absolute Gasteiger partial charge is 0.0784 e. The number of hydrogen-bond donors (Lipinski definition) is 0. The highest BCUT2D eigenvalue weighted by Crippen LogP contribution is 2.70. The summed E-state index contributed by atoms with van der Waals surface area (Å²) >= 11 is 7.49. The summed E-state index contributed by atoms with van der Waals surface area (Å²) in [6, 6.07) is 0. The summed E-state index contributed by atoms with van der Waals surface area (Å²) in [5.41, 5.74) is 0. The smallest absolute Gasteiger partial charge is 0.000148 e. The van der Waals surface area contributed by atoms with Gasteiger partial charge in [0.1, 0.15) is 0 Å². The van der Waals surface area contributed by atoms with E-state index in [1.54, 1.807) is 0 Å². The van der Waals surface area contributed by atoms with Crippen LogP contribution in [-0.2, 0) is 0 Å². The monoisotopic (exact) mass is 442 g/mol. The van der Waals surface area contributed by atoms with Crippen LogP contribution in [0, 0.1) is 0 Å². The fourth-order valence-electron chi connectivity index (χ4n) is 0. The topological polar surface area (TPSA) is 0 Å². The van der Waals surface area contributed by atoms with E-state index in [9.17, 15) is 0 Å². The van der Waals surface area contributed by atoms with Gasteiger partial charge < -0.3 is 0 Å². The summed E-state index contributed by atoms with van der Waals surface area (Å²) in [6.45, 7) is 2.22. The van der Waals surface area contributed by atoms with E-state index >= 15 is 0 Å². The zero-order valence-electron chi connectivity index (χ0n) is 3.25. The molecule has 40 valence electrons. The Bertz CT molecular complexity index is 38.5. The van der Waals surface area contributed by atoms with Crippen LogP contribution in [0.2, 0.25) is 0 Å². The first kappa shape index (κ1) is 8.54. The Morgan fingerprint density at radius 3 is 1.50 bits per heavy atom. The van der Waals surface area contributed by atoms with E-state index in [0.717, 1.165) is 0 Å². The van der Waals surface area contributed by atoms with Gasteiger partial charge in [-0.3, -0.25) is 0 Å². The van der Waals surface area contributed by atoms with Gasteiger partial charge in [0.25, 0.3) is 0 Å². The predicted octanol–water partition coefficient (Wildman–Crippen LogP) is 3.86. The molecule has 0 aromatic heterocycles. The van der Waals surface area contributed by atoms with E-state index in [4.69, 9.17) is 0 Å². The van der Waals surface area contributed by atoms with Crippen LogP contribution in [-0.4, -0.2) is 5.75 Å². The van der Waals surface area contributed by atoms with Gasteiger partial charge in [-0.2, -0.15) is 0 Å². The van der Waals surface area contributed by atoms with Crippen LogP contribution in [0.5, 0.6) is 0 Å². The van der Waals surface area contributed by atoms with Gasteiger partial charge in [0.2, 0.25) is 0 Å². The van der Waals surface area contributed by atoms with Gasteiger partial charge in [0.05, 0.1) is 0 Å².